The maximum atomic E-state index is 9.07. The van der Waals surface area contributed by atoms with Gasteiger partial charge in [0, 0.05) is 0 Å². The molecule has 46 heavy (non-hydrogen) atoms. The van der Waals surface area contributed by atoms with Gasteiger partial charge in [-0.25, -0.2) is 0 Å². The lowest BCUT2D eigenvalue weighted by Gasteiger charge is -2.19. The number of nitrogens with zero attached hydrogens (tertiary/aromatic N) is 1. The van der Waals surface area contributed by atoms with Gasteiger partial charge in [0.1, 0.15) is 6.61 Å². The monoisotopic (exact) mass is 682 g/mol. The lowest BCUT2D eigenvalue weighted by atomic mass is 10.0. The minimum Gasteiger partial charge on any atom is -0.384 e. The van der Waals surface area contributed by atoms with Crippen LogP contribution in [0.3, 0.4) is 0 Å². The standard InChI is InChI=1S/C42H83NOS2/c1-5-9-31-41(7-3)39-45-37-29-23-19-15-11-13-17-21-25-33-43(35-27-28-36-44)34-26-22-18-14-12-16-20-24-30-38-46-40-42(8-4)32-10-6-2/h41-42,44H,5-26,29-40H2,1-4H3. The summed E-state index contributed by atoms with van der Waals surface area (Å²) < 4.78 is 0. The lowest BCUT2D eigenvalue weighted by molar-refractivity contribution is 0.289. The first-order chi connectivity index (χ1) is 22.7. The highest BCUT2D eigenvalue weighted by atomic mass is 32.2. The van der Waals surface area contributed by atoms with Gasteiger partial charge in [-0.05, 0) is 86.5 Å². The molecule has 1 N–H and O–H groups in total. The van der Waals surface area contributed by atoms with Gasteiger partial charge in [0.15, 0.2) is 0 Å². The molecular formula is C42H83NOS2. The summed E-state index contributed by atoms with van der Waals surface area (Å²) in [6, 6.07) is 0. The average Bonchev–Trinajstić information content (AvgIpc) is 3.07. The second-order valence-electron chi connectivity index (χ2n) is 14.1. The Morgan fingerprint density at radius 2 is 0.848 bits per heavy atom. The summed E-state index contributed by atoms with van der Waals surface area (Å²) in [7, 11) is 0. The van der Waals surface area contributed by atoms with Crippen molar-refractivity contribution < 1.29 is 5.11 Å². The summed E-state index contributed by atoms with van der Waals surface area (Å²) in [6.07, 6.45) is 36.3. The molecular weight excluding hydrogens is 599 g/mol. The van der Waals surface area contributed by atoms with Gasteiger partial charge in [-0.3, -0.25) is 4.90 Å². The Bertz CT molecular complexity index is 591. The van der Waals surface area contributed by atoms with E-state index in [0.717, 1.165) is 18.4 Å². The molecule has 274 valence electrons. The number of aliphatic hydroxyl groups excluding tert-OH is 1. The van der Waals surface area contributed by atoms with Crippen molar-refractivity contribution in [1.29, 1.82) is 0 Å². The summed E-state index contributed by atoms with van der Waals surface area (Å²) in [5, 5.41) is 9.07. The van der Waals surface area contributed by atoms with Crippen molar-refractivity contribution in [2.45, 2.75) is 195 Å². The van der Waals surface area contributed by atoms with E-state index in [2.05, 4.69) is 68.0 Å². The molecule has 0 aliphatic carbocycles. The molecule has 4 heteroatoms. The number of thioether (sulfide) groups is 2. The molecule has 0 saturated heterocycles. The third-order valence-electron chi connectivity index (χ3n) is 9.83. The van der Waals surface area contributed by atoms with Gasteiger partial charge in [-0.15, -0.1) is 0 Å². The summed E-state index contributed by atoms with van der Waals surface area (Å²) in [4.78, 5) is 2.54. The van der Waals surface area contributed by atoms with Crippen LogP contribution in [-0.4, -0.2) is 59.3 Å². The number of hydrogen-bond acceptors (Lipinski definition) is 4. The van der Waals surface area contributed by atoms with Crippen molar-refractivity contribution in [2.24, 2.45) is 11.8 Å². The summed E-state index contributed by atoms with van der Waals surface area (Å²) >= 11 is 4.42. The van der Waals surface area contributed by atoms with Crippen LogP contribution in [0.15, 0.2) is 0 Å². The predicted octanol–water partition coefficient (Wildman–Crippen LogP) is 13.2. The molecule has 0 saturated carbocycles. The Kier molecular flexibility index (Phi) is 39.8. The quantitative estimate of drug-likeness (QED) is 0.0521. The van der Waals surface area contributed by atoms with Gasteiger partial charge in [-0.2, -0.15) is 23.5 Å². The van der Waals surface area contributed by atoms with Crippen LogP contribution >= 0.6 is 23.5 Å². The fourth-order valence-electron chi connectivity index (χ4n) is 6.34. The highest BCUT2D eigenvalue weighted by molar-refractivity contribution is 7.99. The Morgan fingerprint density at radius 1 is 0.478 bits per heavy atom. The first kappa shape index (κ1) is 46.2. The smallest absolute Gasteiger partial charge is 0.104 e. The second kappa shape index (κ2) is 39.6. The lowest BCUT2D eigenvalue weighted by Crippen LogP contribution is -2.26. The van der Waals surface area contributed by atoms with E-state index >= 15 is 0 Å². The van der Waals surface area contributed by atoms with Crippen molar-refractivity contribution >= 4 is 23.5 Å². The molecule has 0 aliphatic rings. The molecule has 0 heterocycles. The molecule has 0 aromatic carbocycles. The molecule has 0 fully saturated rings. The van der Waals surface area contributed by atoms with Crippen LogP contribution in [0, 0.1) is 23.7 Å². The first-order valence-corrected chi connectivity index (χ1v) is 23.0. The van der Waals surface area contributed by atoms with E-state index in [9.17, 15) is 0 Å². The molecule has 0 rings (SSSR count). The molecule has 0 bridgehead atoms. The van der Waals surface area contributed by atoms with Crippen LogP contribution in [0.4, 0.5) is 0 Å². The van der Waals surface area contributed by atoms with Crippen molar-refractivity contribution in [1.82, 2.24) is 4.90 Å². The molecule has 0 aliphatic heterocycles. The van der Waals surface area contributed by atoms with Crippen molar-refractivity contribution in [3.8, 4) is 11.8 Å². The van der Waals surface area contributed by atoms with Gasteiger partial charge >= 0.3 is 0 Å². The number of hydrogen-bond donors (Lipinski definition) is 1. The highest BCUT2D eigenvalue weighted by Gasteiger charge is 2.07. The molecule has 0 aromatic heterocycles. The maximum Gasteiger partial charge on any atom is 0.104 e. The topological polar surface area (TPSA) is 23.5 Å². The molecule has 2 atom stereocenters. The summed E-state index contributed by atoms with van der Waals surface area (Å²) in [5.74, 6) is 13.5. The van der Waals surface area contributed by atoms with Crippen LogP contribution in [0.1, 0.15) is 195 Å². The van der Waals surface area contributed by atoms with Crippen molar-refractivity contribution in [2.75, 3.05) is 49.3 Å². The summed E-state index contributed by atoms with van der Waals surface area (Å²) in [6.45, 7) is 12.5. The molecule has 0 spiro atoms. The SMILES string of the molecule is CCCCC(CC)CSCCCCCCCCCCCN(CC#CCO)CCCCCCCCCCCSCC(CC)CCCC. The minimum absolute atomic E-state index is 0.0117. The van der Waals surface area contributed by atoms with E-state index < -0.39 is 0 Å². The third kappa shape index (κ3) is 34.1. The average molecular weight is 682 g/mol. The zero-order valence-corrected chi connectivity index (χ0v) is 33.5. The van der Waals surface area contributed by atoms with Crippen LogP contribution in [0.25, 0.3) is 0 Å². The van der Waals surface area contributed by atoms with E-state index in [-0.39, 0.29) is 6.61 Å². The van der Waals surface area contributed by atoms with E-state index in [1.165, 1.54) is 203 Å². The second-order valence-corrected chi connectivity index (χ2v) is 16.4. The van der Waals surface area contributed by atoms with Gasteiger partial charge in [0.2, 0.25) is 0 Å². The van der Waals surface area contributed by atoms with Crippen molar-refractivity contribution in [3.63, 3.8) is 0 Å². The fraction of sp³-hybridized carbons (Fsp3) is 0.952. The normalized spacial score (nSPS) is 12.8. The number of aliphatic hydroxyl groups is 1. The minimum atomic E-state index is -0.0117. The fourth-order valence-corrected chi connectivity index (χ4v) is 8.96. The van der Waals surface area contributed by atoms with Crippen molar-refractivity contribution in [3.05, 3.63) is 0 Å². The Morgan fingerprint density at radius 3 is 1.20 bits per heavy atom. The maximum absolute atomic E-state index is 9.07. The molecule has 0 radical (unpaired) electrons. The Balaban J connectivity index is 3.67. The van der Waals surface area contributed by atoms with E-state index in [1.54, 1.807) is 0 Å². The van der Waals surface area contributed by atoms with E-state index in [1.807, 2.05) is 0 Å². The predicted molar refractivity (Wildman–Crippen MR) is 216 cm³/mol. The third-order valence-corrected chi connectivity index (χ3v) is 12.4. The van der Waals surface area contributed by atoms with Gasteiger partial charge in [0.05, 0.1) is 6.54 Å². The van der Waals surface area contributed by atoms with Gasteiger partial charge < -0.3 is 5.11 Å². The van der Waals surface area contributed by atoms with Crippen LogP contribution in [-0.2, 0) is 0 Å². The molecule has 2 unspecified atom stereocenters. The summed E-state index contributed by atoms with van der Waals surface area (Å²) in [5.41, 5.74) is 0. The highest BCUT2D eigenvalue weighted by Crippen LogP contribution is 2.21. The zero-order valence-electron chi connectivity index (χ0n) is 31.9. The molecule has 0 aromatic rings. The number of rotatable bonds is 37. The van der Waals surface area contributed by atoms with Crippen LogP contribution in [0.5, 0.6) is 0 Å². The first-order valence-electron chi connectivity index (χ1n) is 20.7. The number of unbranched alkanes of at least 4 members (excludes halogenated alkanes) is 18. The Hall–Kier alpha value is 0.180. The largest absolute Gasteiger partial charge is 0.384 e. The van der Waals surface area contributed by atoms with Gasteiger partial charge in [0.25, 0.3) is 0 Å². The zero-order chi connectivity index (χ0) is 33.6. The van der Waals surface area contributed by atoms with Gasteiger partial charge in [-0.1, -0.05) is 168 Å². The van der Waals surface area contributed by atoms with Crippen LogP contribution in [0.2, 0.25) is 0 Å². The van der Waals surface area contributed by atoms with E-state index in [4.69, 9.17) is 5.11 Å². The Labute approximate surface area is 300 Å². The van der Waals surface area contributed by atoms with E-state index in [0.29, 0.717) is 0 Å². The molecule has 2 nitrogen and oxygen atoms in total. The molecule has 0 amide bonds. The van der Waals surface area contributed by atoms with Crippen LogP contribution < -0.4 is 0 Å².